The summed E-state index contributed by atoms with van der Waals surface area (Å²) >= 11 is 0. The molecule has 0 amide bonds. The maximum absolute atomic E-state index is 4.62. The van der Waals surface area contributed by atoms with Gasteiger partial charge in [-0.15, -0.1) is 0 Å². The second-order valence-electron chi connectivity index (χ2n) is 8.49. The molecule has 1 atom stereocenters. The number of nitrogens with zero attached hydrogens (tertiary/aromatic N) is 5. The van der Waals surface area contributed by atoms with Gasteiger partial charge in [0.1, 0.15) is 11.6 Å². The maximum Gasteiger partial charge on any atom is 0.226 e. The van der Waals surface area contributed by atoms with Gasteiger partial charge in [-0.25, -0.2) is 0 Å². The van der Waals surface area contributed by atoms with Gasteiger partial charge in [-0.2, -0.15) is 15.1 Å². The van der Waals surface area contributed by atoms with E-state index in [1.165, 1.54) is 0 Å². The van der Waals surface area contributed by atoms with Crippen LogP contribution in [0.2, 0.25) is 0 Å². The molecule has 3 heterocycles. The largest absolute Gasteiger partial charge is 0.369 e. The van der Waals surface area contributed by atoms with E-state index >= 15 is 0 Å². The fourth-order valence-electron chi connectivity index (χ4n) is 3.33. The summed E-state index contributed by atoms with van der Waals surface area (Å²) < 4.78 is 0. The first kappa shape index (κ1) is 23.0. The molecular formula is C22H37N9. The number of anilines is 4. The van der Waals surface area contributed by atoms with Crippen molar-refractivity contribution in [3.05, 3.63) is 30.0 Å². The molecule has 0 radical (unpaired) electrons. The quantitative estimate of drug-likeness (QED) is 0.406. The third-order valence-corrected chi connectivity index (χ3v) is 5.60. The summed E-state index contributed by atoms with van der Waals surface area (Å²) in [6.45, 7) is 17.2. The number of piperazine rings is 1. The molecule has 3 rings (SSSR count). The Labute approximate surface area is 185 Å². The Bertz CT molecular complexity index is 839. The fourth-order valence-corrected chi connectivity index (χ4v) is 3.33. The molecule has 4 N–H and O–H groups in total. The third kappa shape index (κ3) is 7.22. The number of nitrogens with one attached hydrogen (secondary N) is 4. The van der Waals surface area contributed by atoms with Crippen LogP contribution in [0.25, 0.3) is 0 Å². The van der Waals surface area contributed by atoms with Gasteiger partial charge in [-0.3, -0.25) is 10.00 Å². The molecule has 0 bridgehead atoms. The second kappa shape index (κ2) is 11.1. The lowest BCUT2D eigenvalue weighted by Gasteiger charge is -2.32. The highest BCUT2D eigenvalue weighted by Gasteiger charge is 2.14. The molecule has 0 aliphatic carbocycles. The molecule has 9 nitrogen and oxygen atoms in total. The van der Waals surface area contributed by atoms with Crippen molar-refractivity contribution in [1.82, 2.24) is 30.0 Å². The van der Waals surface area contributed by atoms with Crippen LogP contribution in [-0.2, 0) is 0 Å². The van der Waals surface area contributed by atoms with Crippen LogP contribution in [-0.4, -0.2) is 82.8 Å². The number of hydrogen-bond acceptors (Lipinski definition) is 8. The SMILES string of the molecule is C=C(C)CNc1nc(NCCN2CCN(C)CC2)cc(Nc2cc(C(C)CC)[nH]n2)n1. The van der Waals surface area contributed by atoms with E-state index in [4.69, 9.17) is 0 Å². The molecule has 1 saturated heterocycles. The Kier molecular flexibility index (Phi) is 8.25. The Balaban J connectivity index is 1.65. The van der Waals surface area contributed by atoms with Crippen LogP contribution < -0.4 is 16.0 Å². The van der Waals surface area contributed by atoms with Crippen molar-refractivity contribution in [2.24, 2.45) is 0 Å². The Hall–Kier alpha value is -2.65. The molecular weight excluding hydrogens is 390 g/mol. The summed E-state index contributed by atoms with van der Waals surface area (Å²) in [6.07, 6.45) is 1.06. The van der Waals surface area contributed by atoms with E-state index in [1.807, 2.05) is 19.1 Å². The van der Waals surface area contributed by atoms with E-state index in [1.54, 1.807) is 0 Å². The minimum atomic E-state index is 0.438. The first-order chi connectivity index (χ1) is 14.9. The Morgan fingerprint density at radius 2 is 1.87 bits per heavy atom. The number of hydrogen-bond donors (Lipinski definition) is 4. The molecule has 0 saturated carbocycles. The van der Waals surface area contributed by atoms with Crippen LogP contribution in [0.4, 0.5) is 23.4 Å². The average molecular weight is 428 g/mol. The monoisotopic (exact) mass is 427 g/mol. The first-order valence-corrected chi connectivity index (χ1v) is 11.2. The van der Waals surface area contributed by atoms with Gasteiger partial charge in [-0.1, -0.05) is 26.0 Å². The lowest BCUT2D eigenvalue weighted by molar-refractivity contribution is 0.158. The number of H-pyrrole nitrogens is 1. The lowest BCUT2D eigenvalue weighted by Crippen LogP contribution is -2.45. The van der Waals surface area contributed by atoms with Gasteiger partial charge in [-0.05, 0) is 26.3 Å². The van der Waals surface area contributed by atoms with Crippen molar-refractivity contribution in [3.8, 4) is 0 Å². The van der Waals surface area contributed by atoms with Crippen molar-refractivity contribution in [3.63, 3.8) is 0 Å². The number of likely N-dealkylation sites (N-methyl/N-ethyl adjacent to an activating group) is 1. The van der Waals surface area contributed by atoms with E-state index in [9.17, 15) is 0 Å². The highest BCUT2D eigenvalue weighted by molar-refractivity contribution is 5.59. The van der Waals surface area contributed by atoms with Crippen molar-refractivity contribution >= 4 is 23.4 Å². The fraction of sp³-hybridized carbons (Fsp3) is 0.591. The highest BCUT2D eigenvalue weighted by Crippen LogP contribution is 2.22. The molecule has 1 unspecified atom stereocenters. The Morgan fingerprint density at radius 1 is 1.13 bits per heavy atom. The maximum atomic E-state index is 4.62. The van der Waals surface area contributed by atoms with Gasteiger partial charge in [0.25, 0.3) is 0 Å². The average Bonchev–Trinajstić information content (AvgIpc) is 3.21. The van der Waals surface area contributed by atoms with Crippen LogP contribution in [0.5, 0.6) is 0 Å². The minimum Gasteiger partial charge on any atom is -0.369 e. The molecule has 2 aromatic heterocycles. The van der Waals surface area contributed by atoms with Crippen molar-refractivity contribution in [1.29, 1.82) is 0 Å². The number of aromatic nitrogens is 4. The number of aromatic amines is 1. The van der Waals surface area contributed by atoms with Gasteiger partial charge in [0, 0.05) is 63.6 Å². The van der Waals surface area contributed by atoms with Crippen LogP contribution >= 0.6 is 0 Å². The van der Waals surface area contributed by atoms with E-state index in [2.05, 4.69) is 73.4 Å². The first-order valence-electron chi connectivity index (χ1n) is 11.2. The molecule has 1 aliphatic rings. The lowest BCUT2D eigenvalue weighted by atomic mass is 10.1. The van der Waals surface area contributed by atoms with E-state index < -0.39 is 0 Å². The predicted octanol–water partition coefficient (Wildman–Crippen LogP) is 3.10. The van der Waals surface area contributed by atoms with Crippen molar-refractivity contribution in [2.75, 3.05) is 68.8 Å². The van der Waals surface area contributed by atoms with Crippen molar-refractivity contribution < 1.29 is 0 Å². The zero-order chi connectivity index (χ0) is 22.2. The molecule has 9 heteroatoms. The smallest absolute Gasteiger partial charge is 0.226 e. The molecule has 1 fully saturated rings. The van der Waals surface area contributed by atoms with Crippen LogP contribution in [0.1, 0.15) is 38.8 Å². The topological polar surface area (TPSA) is 97.0 Å². The van der Waals surface area contributed by atoms with E-state index in [-0.39, 0.29) is 0 Å². The molecule has 1 aliphatic heterocycles. The molecule has 2 aromatic rings. The zero-order valence-corrected chi connectivity index (χ0v) is 19.3. The van der Waals surface area contributed by atoms with Gasteiger partial charge < -0.3 is 20.9 Å². The summed E-state index contributed by atoms with van der Waals surface area (Å²) in [4.78, 5) is 14.1. The Morgan fingerprint density at radius 3 is 2.58 bits per heavy atom. The number of rotatable bonds is 11. The molecule has 31 heavy (non-hydrogen) atoms. The van der Waals surface area contributed by atoms with Crippen molar-refractivity contribution in [2.45, 2.75) is 33.1 Å². The van der Waals surface area contributed by atoms with Crippen LogP contribution in [0.3, 0.4) is 0 Å². The summed E-state index contributed by atoms with van der Waals surface area (Å²) in [5.41, 5.74) is 2.14. The van der Waals surface area contributed by atoms with E-state index in [0.717, 1.165) is 68.6 Å². The van der Waals surface area contributed by atoms with Crippen LogP contribution in [0, 0.1) is 0 Å². The third-order valence-electron chi connectivity index (χ3n) is 5.60. The molecule has 0 aromatic carbocycles. The summed E-state index contributed by atoms with van der Waals surface area (Å²) in [7, 11) is 2.18. The minimum absolute atomic E-state index is 0.438. The van der Waals surface area contributed by atoms with Gasteiger partial charge in [0.15, 0.2) is 5.82 Å². The second-order valence-corrected chi connectivity index (χ2v) is 8.49. The summed E-state index contributed by atoms with van der Waals surface area (Å²) in [5, 5.41) is 17.5. The molecule has 0 spiro atoms. The highest BCUT2D eigenvalue weighted by atomic mass is 15.3. The summed E-state index contributed by atoms with van der Waals surface area (Å²) in [5.74, 6) is 3.24. The predicted molar refractivity (Wildman–Crippen MR) is 128 cm³/mol. The van der Waals surface area contributed by atoms with Gasteiger partial charge in [0.05, 0.1) is 0 Å². The van der Waals surface area contributed by atoms with Gasteiger partial charge in [0.2, 0.25) is 5.95 Å². The van der Waals surface area contributed by atoms with Crippen LogP contribution in [0.15, 0.2) is 24.3 Å². The van der Waals surface area contributed by atoms with E-state index in [0.29, 0.717) is 24.2 Å². The summed E-state index contributed by atoms with van der Waals surface area (Å²) in [6, 6.07) is 3.96. The molecule has 170 valence electrons. The normalized spacial score (nSPS) is 16.1. The zero-order valence-electron chi connectivity index (χ0n) is 19.3. The standard InChI is InChI=1S/C22H37N9/c1-6-17(4)18-13-21(29-28-18)25-20-14-19(26-22(27-20)24-15-16(2)3)23-7-8-31-11-9-30(5)10-12-31/h13-14,17H,2,6-12,15H2,1,3-5H3,(H4,23,24,25,26,27,28,29). The van der Waals surface area contributed by atoms with Gasteiger partial charge >= 0.3 is 0 Å².